The number of β-amino-alcohol motifs (C(OH)–C–C–N with tert-alkyl or cyclic N) is 1. The molecule has 2 aromatic carbocycles. The van der Waals surface area contributed by atoms with Crippen molar-refractivity contribution in [2.24, 2.45) is 0 Å². The summed E-state index contributed by atoms with van der Waals surface area (Å²) in [4.78, 5) is 17.3. The van der Waals surface area contributed by atoms with E-state index in [1.54, 1.807) is 4.90 Å². The number of carbonyl (C=O) groups excluding carboxylic acids is 1. The molecule has 2 fully saturated rings. The van der Waals surface area contributed by atoms with E-state index in [2.05, 4.69) is 34.5 Å². The lowest BCUT2D eigenvalue weighted by Gasteiger charge is -2.32. The Morgan fingerprint density at radius 2 is 1.86 bits per heavy atom. The molecule has 3 unspecified atom stereocenters. The highest BCUT2D eigenvalue weighted by molar-refractivity contribution is 5.97. The Morgan fingerprint density at radius 1 is 1.06 bits per heavy atom. The van der Waals surface area contributed by atoms with Gasteiger partial charge in [-0.2, -0.15) is 0 Å². The summed E-state index contributed by atoms with van der Waals surface area (Å²) in [5, 5.41) is 14.5. The predicted molar refractivity (Wildman–Crippen MR) is 133 cm³/mol. The van der Waals surface area contributed by atoms with Crippen LogP contribution in [0, 0.1) is 0 Å². The Bertz CT molecular complexity index is 1060. The van der Waals surface area contributed by atoms with Crippen LogP contribution < -0.4 is 14.8 Å². The number of aliphatic hydroxyl groups is 1. The summed E-state index contributed by atoms with van der Waals surface area (Å²) in [6.07, 6.45) is 5.13. The molecule has 0 saturated carbocycles. The molecule has 4 aliphatic heterocycles. The molecule has 0 spiro atoms. The third kappa shape index (κ3) is 5.03. The number of hydrogen-bond donors (Lipinski definition) is 2. The summed E-state index contributed by atoms with van der Waals surface area (Å²) >= 11 is 0. The summed E-state index contributed by atoms with van der Waals surface area (Å²) < 4.78 is 12.2. The van der Waals surface area contributed by atoms with Crippen molar-refractivity contribution in [3.8, 4) is 11.5 Å². The van der Waals surface area contributed by atoms with Crippen LogP contribution in [-0.2, 0) is 13.0 Å². The van der Waals surface area contributed by atoms with Crippen LogP contribution in [0.2, 0.25) is 0 Å². The highest BCUT2D eigenvalue weighted by atomic mass is 16.5. The van der Waals surface area contributed by atoms with E-state index in [0.717, 1.165) is 38.1 Å². The number of ether oxygens (including phenoxy) is 2. The van der Waals surface area contributed by atoms with Crippen molar-refractivity contribution in [1.29, 1.82) is 0 Å². The Hall–Kier alpha value is -2.61. The fraction of sp³-hybridized carbons (Fsp3) is 0.536. The van der Waals surface area contributed by atoms with Gasteiger partial charge in [-0.1, -0.05) is 24.3 Å². The largest absolute Gasteiger partial charge is 0.491 e. The van der Waals surface area contributed by atoms with E-state index in [9.17, 15) is 9.90 Å². The number of amides is 1. The lowest BCUT2D eigenvalue weighted by Crippen LogP contribution is -2.44. The van der Waals surface area contributed by atoms with E-state index in [0.29, 0.717) is 49.6 Å². The predicted octanol–water partition coefficient (Wildman–Crippen LogP) is 2.60. The van der Waals surface area contributed by atoms with E-state index >= 15 is 0 Å². The van der Waals surface area contributed by atoms with Gasteiger partial charge in [0.2, 0.25) is 0 Å². The number of benzene rings is 2. The second-order valence-electron chi connectivity index (χ2n) is 10.5. The minimum atomic E-state index is -0.608. The maximum Gasteiger partial charge on any atom is 0.257 e. The monoisotopic (exact) mass is 477 g/mol. The van der Waals surface area contributed by atoms with E-state index in [4.69, 9.17) is 9.47 Å². The van der Waals surface area contributed by atoms with Crippen molar-refractivity contribution in [3.05, 3.63) is 59.2 Å². The van der Waals surface area contributed by atoms with Gasteiger partial charge in [0.05, 0.1) is 18.2 Å². The summed E-state index contributed by atoms with van der Waals surface area (Å²) in [6.45, 7) is 3.49. The molecule has 186 valence electrons. The average molecular weight is 478 g/mol. The van der Waals surface area contributed by atoms with Crippen molar-refractivity contribution in [3.63, 3.8) is 0 Å². The van der Waals surface area contributed by atoms with Crippen molar-refractivity contribution < 1.29 is 19.4 Å². The van der Waals surface area contributed by atoms with Crippen LogP contribution in [0.5, 0.6) is 11.5 Å². The molecule has 4 aliphatic rings. The lowest BCUT2D eigenvalue weighted by molar-refractivity contribution is 0.0501. The molecule has 4 heterocycles. The van der Waals surface area contributed by atoms with Gasteiger partial charge in [-0.15, -0.1) is 0 Å². The highest BCUT2D eigenvalue weighted by Crippen LogP contribution is 2.33. The first-order chi connectivity index (χ1) is 17.1. The number of nitrogens with zero attached hydrogens (tertiary/aromatic N) is 2. The molecule has 2 aromatic rings. The van der Waals surface area contributed by atoms with Gasteiger partial charge >= 0.3 is 0 Å². The zero-order chi connectivity index (χ0) is 23.8. The van der Waals surface area contributed by atoms with Crippen LogP contribution in [0.25, 0.3) is 0 Å². The van der Waals surface area contributed by atoms with Crippen LogP contribution in [0.4, 0.5) is 0 Å². The first kappa shape index (κ1) is 22.8. The zero-order valence-electron chi connectivity index (χ0n) is 20.2. The van der Waals surface area contributed by atoms with E-state index in [1.807, 2.05) is 18.2 Å². The lowest BCUT2D eigenvalue weighted by atomic mass is 10.00. The van der Waals surface area contributed by atoms with Gasteiger partial charge in [-0.3, -0.25) is 9.69 Å². The van der Waals surface area contributed by atoms with E-state index in [1.165, 1.54) is 24.0 Å². The molecular weight excluding hydrogens is 442 g/mol. The number of fused-ring (bicyclic) bond motifs is 4. The van der Waals surface area contributed by atoms with Gasteiger partial charge in [0, 0.05) is 44.3 Å². The van der Waals surface area contributed by atoms with Crippen LogP contribution in [-0.4, -0.2) is 77.9 Å². The first-order valence-corrected chi connectivity index (χ1v) is 13.1. The summed E-state index contributed by atoms with van der Waals surface area (Å²) in [6, 6.07) is 15.2. The average Bonchev–Trinajstić information content (AvgIpc) is 3.12. The molecular formula is C28H35N3O4. The van der Waals surface area contributed by atoms with Crippen molar-refractivity contribution in [2.75, 3.05) is 32.8 Å². The Labute approximate surface area is 207 Å². The molecule has 2 N–H and O–H groups in total. The zero-order valence-corrected chi connectivity index (χ0v) is 20.2. The quantitative estimate of drug-likeness (QED) is 0.666. The van der Waals surface area contributed by atoms with Gasteiger partial charge in [0.1, 0.15) is 24.2 Å². The normalized spacial score (nSPS) is 26.9. The number of hydrogen-bond acceptors (Lipinski definition) is 6. The second kappa shape index (κ2) is 9.80. The number of carbonyl (C=O) groups is 1. The molecule has 1 amide bonds. The second-order valence-corrected chi connectivity index (χ2v) is 10.5. The van der Waals surface area contributed by atoms with E-state index < -0.39 is 6.10 Å². The van der Waals surface area contributed by atoms with Crippen LogP contribution in [0.15, 0.2) is 42.5 Å². The number of rotatable bonds is 6. The van der Waals surface area contributed by atoms with Crippen molar-refractivity contribution in [1.82, 2.24) is 15.1 Å². The summed E-state index contributed by atoms with van der Waals surface area (Å²) in [5.74, 6) is 1.25. The number of aliphatic hydroxyl groups excluding tert-OH is 1. The SMILES string of the molecule is O=C1c2ccc(OC3CC4CCC(C3)N4)cc2OCCN1CC(O)CN1CCc2ccccc2C1. The molecule has 6 rings (SSSR count). The molecule has 35 heavy (non-hydrogen) atoms. The number of piperidine rings is 1. The third-order valence-electron chi connectivity index (χ3n) is 7.93. The summed E-state index contributed by atoms with van der Waals surface area (Å²) in [7, 11) is 0. The highest BCUT2D eigenvalue weighted by Gasteiger charge is 2.35. The van der Waals surface area contributed by atoms with Crippen LogP contribution >= 0.6 is 0 Å². The maximum atomic E-state index is 13.3. The van der Waals surface area contributed by atoms with Crippen molar-refractivity contribution in [2.45, 2.75) is 62.9 Å². The Kier molecular flexibility index (Phi) is 6.39. The number of nitrogens with one attached hydrogen (secondary N) is 1. The van der Waals surface area contributed by atoms with Gasteiger partial charge in [0.25, 0.3) is 5.91 Å². The smallest absolute Gasteiger partial charge is 0.257 e. The van der Waals surface area contributed by atoms with Gasteiger partial charge in [-0.05, 0) is 55.4 Å². The fourth-order valence-corrected chi connectivity index (χ4v) is 6.20. The summed E-state index contributed by atoms with van der Waals surface area (Å²) in [5.41, 5.74) is 3.26. The topological polar surface area (TPSA) is 74.3 Å². The molecule has 0 radical (unpaired) electrons. The Balaban J connectivity index is 1.07. The van der Waals surface area contributed by atoms with Gasteiger partial charge in [-0.25, -0.2) is 0 Å². The van der Waals surface area contributed by atoms with E-state index in [-0.39, 0.29) is 12.0 Å². The van der Waals surface area contributed by atoms with Crippen LogP contribution in [0.1, 0.15) is 47.2 Å². The molecule has 7 nitrogen and oxygen atoms in total. The van der Waals surface area contributed by atoms with Crippen molar-refractivity contribution >= 4 is 5.91 Å². The van der Waals surface area contributed by atoms with Crippen LogP contribution in [0.3, 0.4) is 0 Å². The minimum Gasteiger partial charge on any atom is -0.491 e. The standard InChI is InChI=1S/C28H35N3O4/c32-23(17-30-10-9-19-3-1-2-4-20(19)16-30)18-31-11-12-34-27-15-24(7-8-26(27)28(31)33)35-25-13-21-5-6-22(14-25)29-21/h1-4,7-8,15,21-23,25,29,32H,5-6,9-14,16-18H2. The molecule has 7 heteroatoms. The molecule has 2 bridgehead atoms. The molecule has 2 saturated heterocycles. The van der Waals surface area contributed by atoms with Gasteiger partial charge < -0.3 is 24.8 Å². The Morgan fingerprint density at radius 3 is 2.69 bits per heavy atom. The third-order valence-corrected chi connectivity index (χ3v) is 7.93. The fourth-order valence-electron chi connectivity index (χ4n) is 6.20. The van der Waals surface area contributed by atoms with Gasteiger partial charge in [0.15, 0.2) is 0 Å². The maximum absolute atomic E-state index is 13.3. The molecule has 0 aliphatic carbocycles. The first-order valence-electron chi connectivity index (χ1n) is 13.1. The molecule has 3 atom stereocenters. The molecule has 0 aromatic heterocycles. The minimum absolute atomic E-state index is 0.0907.